The Labute approximate surface area is 97.9 Å². The molecule has 1 unspecified atom stereocenters. The molecule has 16 heavy (non-hydrogen) atoms. The molecule has 0 aromatic heterocycles. The summed E-state index contributed by atoms with van der Waals surface area (Å²) in [6.45, 7) is 2.19. The Morgan fingerprint density at radius 3 is 2.50 bits per heavy atom. The van der Waals surface area contributed by atoms with Crippen molar-refractivity contribution in [1.29, 1.82) is 0 Å². The van der Waals surface area contributed by atoms with E-state index < -0.39 is 0 Å². The van der Waals surface area contributed by atoms with E-state index in [4.69, 9.17) is 5.73 Å². The van der Waals surface area contributed by atoms with Gasteiger partial charge < -0.3 is 5.73 Å². The van der Waals surface area contributed by atoms with Gasteiger partial charge in [0.05, 0.1) is 0 Å². The first-order valence-electron chi connectivity index (χ1n) is 5.98. The van der Waals surface area contributed by atoms with Crippen molar-refractivity contribution in [2.45, 2.75) is 44.9 Å². The Hall–Kier alpha value is -1.31. The lowest BCUT2D eigenvalue weighted by molar-refractivity contribution is 0.523. The van der Waals surface area contributed by atoms with E-state index in [-0.39, 0.29) is 0 Å². The molecule has 0 heterocycles. The van der Waals surface area contributed by atoms with Crippen LogP contribution in [0, 0.1) is 0 Å². The standard InChI is InChI=1S/C14H20NO/c1-2-3-5-12(6-4-11-16)13-7-9-14(15)10-8-13/h7-10,12H,2-6,15H2,1H3. The minimum atomic E-state index is 0.474. The molecule has 0 fully saturated rings. The van der Waals surface area contributed by atoms with Crippen molar-refractivity contribution < 1.29 is 4.79 Å². The zero-order valence-electron chi connectivity index (χ0n) is 9.91. The lowest BCUT2D eigenvalue weighted by atomic mass is 9.89. The van der Waals surface area contributed by atoms with E-state index in [1.54, 1.807) is 0 Å². The molecular weight excluding hydrogens is 198 g/mol. The van der Waals surface area contributed by atoms with Crippen LogP contribution < -0.4 is 5.73 Å². The Morgan fingerprint density at radius 2 is 1.94 bits per heavy atom. The maximum absolute atomic E-state index is 10.3. The summed E-state index contributed by atoms with van der Waals surface area (Å²) in [5.41, 5.74) is 7.75. The van der Waals surface area contributed by atoms with Crippen molar-refractivity contribution in [3.05, 3.63) is 29.8 Å². The highest BCUT2D eigenvalue weighted by molar-refractivity contribution is 5.50. The van der Waals surface area contributed by atoms with Crippen LogP contribution in [0.4, 0.5) is 5.69 Å². The van der Waals surface area contributed by atoms with Gasteiger partial charge >= 0.3 is 0 Å². The maximum atomic E-state index is 10.3. The fourth-order valence-electron chi connectivity index (χ4n) is 1.93. The normalized spacial score (nSPS) is 12.3. The predicted octanol–water partition coefficient (Wildman–Crippen LogP) is 3.43. The second-order valence-electron chi connectivity index (χ2n) is 4.19. The summed E-state index contributed by atoms with van der Waals surface area (Å²) < 4.78 is 0. The minimum Gasteiger partial charge on any atom is -0.399 e. The topological polar surface area (TPSA) is 43.1 Å². The van der Waals surface area contributed by atoms with Crippen LogP contribution in [0.1, 0.15) is 50.5 Å². The summed E-state index contributed by atoms with van der Waals surface area (Å²) in [5.74, 6) is 0.474. The smallest absolute Gasteiger partial charge is 0.198 e. The second-order valence-corrected chi connectivity index (χ2v) is 4.19. The minimum absolute atomic E-state index is 0.474. The zero-order valence-corrected chi connectivity index (χ0v) is 9.91. The number of carbonyl (C=O) groups excluding carboxylic acids is 1. The fraction of sp³-hybridized carbons (Fsp3) is 0.500. The van der Waals surface area contributed by atoms with Gasteiger partial charge in [-0.05, 0) is 36.5 Å². The Balaban J connectivity index is 2.66. The molecule has 0 bridgehead atoms. The van der Waals surface area contributed by atoms with Crippen LogP contribution in [-0.2, 0) is 4.79 Å². The van der Waals surface area contributed by atoms with Gasteiger partial charge in [0.1, 0.15) is 0 Å². The first-order valence-corrected chi connectivity index (χ1v) is 5.98. The van der Waals surface area contributed by atoms with Crippen LogP contribution in [0.2, 0.25) is 0 Å². The molecule has 0 aliphatic carbocycles. The van der Waals surface area contributed by atoms with Crippen LogP contribution in [0.25, 0.3) is 0 Å². The summed E-state index contributed by atoms with van der Waals surface area (Å²) in [4.78, 5) is 10.3. The molecule has 1 rings (SSSR count). The quantitative estimate of drug-likeness (QED) is 0.712. The Morgan fingerprint density at radius 1 is 1.25 bits per heavy atom. The molecule has 0 aliphatic rings. The summed E-state index contributed by atoms with van der Waals surface area (Å²) in [6.07, 6.45) is 6.94. The lowest BCUT2D eigenvalue weighted by Gasteiger charge is -2.15. The van der Waals surface area contributed by atoms with Crippen LogP contribution in [0.3, 0.4) is 0 Å². The van der Waals surface area contributed by atoms with E-state index in [0.717, 1.165) is 18.5 Å². The Bertz CT molecular complexity index is 305. The molecular formula is C14H20NO. The monoisotopic (exact) mass is 218 g/mol. The fourth-order valence-corrected chi connectivity index (χ4v) is 1.93. The number of benzene rings is 1. The van der Waals surface area contributed by atoms with Gasteiger partial charge in [-0.2, -0.15) is 0 Å². The Kier molecular flexibility index (Phi) is 5.62. The van der Waals surface area contributed by atoms with Crippen molar-refractivity contribution in [2.24, 2.45) is 0 Å². The number of nitrogens with two attached hydrogens (primary N) is 1. The molecule has 1 radical (unpaired) electrons. The number of unbranched alkanes of at least 4 members (excludes halogenated alkanes) is 1. The van der Waals surface area contributed by atoms with Gasteiger partial charge in [0.2, 0.25) is 0 Å². The molecule has 0 aliphatic heterocycles. The molecule has 0 amide bonds. The predicted molar refractivity (Wildman–Crippen MR) is 68.0 cm³/mol. The molecule has 1 aromatic rings. The number of hydrogen-bond donors (Lipinski definition) is 1. The second kappa shape index (κ2) is 7.04. The van der Waals surface area contributed by atoms with Gasteiger partial charge in [-0.3, -0.25) is 4.79 Å². The molecule has 0 saturated carbocycles. The van der Waals surface area contributed by atoms with Crippen molar-refractivity contribution in [3.8, 4) is 0 Å². The number of nitrogen functional groups attached to an aromatic ring is 1. The first-order chi connectivity index (χ1) is 7.77. The van der Waals surface area contributed by atoms with Crippen molar-refractivity contribution in [1.82, 2.24) is 0 Å². The molecule has 2 N–H and O–H groups in total. The number of hydrogen-bond acceptors (Lipinski definition) is 2. The van der Waals surface area contributed by atoms with Gasteiger partial charge in [-0.1, -0.05) is 31.9 Å². The van der Waals surface area contributed by atoms with Crippen molar-refractivity contribution >= 4 is 12.0 Å². The first kappa shape index (κ1) is 12.8. The van der Waals surface area contributed by atoms with Gasteiger partial charge in [0.25, 0.3) is 0 Å². The van der Waals surface area contributed by atoms with Gasteiger partial charge in [-0.15, -0.1) is 0 Å². The van der Waals surface area contributed by atoms with Crippen molar-refractivity contribution in [3.63, 3.8) is 0 Å². The average molecular weight is 218 g/mol. The third-order valence-corrected chi connectivity index (χ3v) is 2.91. The molecule has 1 aromatic carbocycles. The van der Waals surface area contributed by atoms with Gasteiger partial charge in [0.15, 0.2) is 6.29 Å². The molecule has 1 atom stereocenters. The molecule has 87 valence electrons. The van der Waals surface area contributed by atoms with Crippen LogP contribution in [-0.4, -0.2) is 6.29 Å². The number of rotatable bonds is 7. The van der Waals surface area contributed by atoms with Gasteiger partial charge in [-0.25, -0.2) is 0 Å². The summed E-state index contributed by atoms with van der Waals surface area (Å²) >= 11 is 0. The zero-order chi connectivity index (χ0) is 11.8. The summed E-state index contributed by atoms with van der Waals surface area (Å²) in [6, 6.07) is 8.00. The van der Waals surface area contributed by atoms with E-state index in [2.05, 4.69) is 19.1 Å². The summed E-state index contributed by atoms with van der Waals surface area (Å²) in [5, 5.41) is 0. The molecule has 0 saturated heterocycles. The van der Waals surface area contributed by atoms with Crippen LogP contribution in [0.15, 0.2) is 24.3 Å². The van der Waals surface area contributed by atoms with Crippen molar-refractivity contribution in [2.75, 3.05) is 5.73 Å². The van der Waals surface area contributed by atoms with Gasteiger partial charge in [0, 0.05) is 12.1 Å². The largest absolute Gasteiger partial charge is 0.399 e. The van der Waals surface area contributed by atoms with Crippen LogP contribution >= 0.6 is 0 Å². The molecule has 2 nitrogen and oxygen atoms in total. The number of anilines is 1. The van der Waals surface area contributed by atoms with E-state index in [1.165, 1.54) is 18.4 Å². The van der Waals surface area contributed by atoms with E-state index in [0.29, 0.717) is 12.3 Å². The van der Waals surface area contributed by atoms with E-state index in [9.17, 15) is 4.79 Å². The summed E-state index contributed by atoms with van der Waals surface area (Å²) in [7, 11) is 0. The van der Waals surface area contributed by atoms with E-state index in [1.807, 2.05) is 18.4 Å². The highest BCUT2D eigenvalue weighted by Gasteiger charge is 2.10. The SMILES string of the molecule is CCCCC(CC[C]=O)c1ccc(N)cc1. The molecule has 2 heteroatoms. The molecule has 0 spiro atoms. The third kappa shape index (κ3) is 4.05. The third-order valence-electron chi connectivity index (χ3n) is 2.91. The average Bonchev–Trinajstić information content (AvgIpc) is 2.31. The van der Waals surface area contributed by atoms with E-state index >= 15 is 0 Å². The van der Waals surface area contributed by atoms with Crippen LogP contribution in [0.5, 0.6) is 0 Å². The highest BCUT2D eigenvalue weighted by atomic mass is 16.1. The highest BCUT2D eigenvalue weighted by Crippen LogP contribution is 2.27. The maximum Gasteiger partial charge on any atom is 0.198 e. The lowest BCUT2D eigenvalue weighted by Crippen LogP contribution is -2.00.